The van der Waals surface area contributed by atoms with Crippen LogP contribution in [-0.4, -0.2) is 141 Å². The van der Waals surface area contributed by atoms with Gasteiger partial charge in [-0.2, -0.15) is 0 Å². The monoisotopic (exact) mass is 761 g/mol. The molecule has 3 N–H and O–H groups in total. The van der Waals surface area contributed by atoms with Gasteiger partial charge in [-0.25, -0.2) is 0 Å². The number of carbonyl (C=O) groups is 2. The van der Waals surface area contributed by atoms with E-state index in [1.807, 2.05) is 32.7 Å². The van der Waals surface area contributed by atoms with Crippen molar-refractivity contribution in [1.82, 2.24) is 19.8 Å². The lowest BCUT2D eigenvalue weighted by Gasteiger charge is -2.47. The van der Waals surface area contributed by atoms with E-state index in [9.17, 15) is 24.9 Å². The number of hydrogen-bond acceptors (Lipinski definition) is 14. The summed E-state index contributed by atoms with van der Waals surface area (Å²) >= 11 is 0. The van der Waals surface area contributed by atoms with Crippen molar-refractivity contribution in [1.29, 1.82) is 0 Å². The molecule has 0 spiro atoms. The van der Waals surface area contributed by atoms with Gasteiger partial charge in [0.15, 0.2) is 12.1 Å². The number of oxime groups is 1. The molecule has 13 atom stereocenters. The quantitative estimate of drug-likeness (QED) is 0.137. The number of esters is 1. The molecular formula is C38H64BN5O10. The maximum absolute atomic E-state index is 14.3. The van der Waals surface area contributed by atoms with E-state index in [1.54, 1.807) is 27.0 Å². The number of aliphatic hydroxyl groups excluding tert-OH is 2. The highest BCUT2D eigenvalue weighted by molar-refractivity contribution is 6.05. The molecule has 3 aliphatic rings. The lowest BCUT2D eigenvalue weighted by Crippen LogP contribution is -2.60. The molecule has 2 aliphatic heterocycles. The summed E-state index contributed by atoms with van der Waals surface area (Å²) in [6, 6.07) is -0.370. The molecular weight excluding hydrogens is 697 g/mol. The number of Topliss-reactive ketones (excluding diaryl/α,β-unsaturated/α-hetero) is 1. The summed E-state index contributed by atoms with van der Waals surface area (Å²) in [4.78, 5) is 36.0. The zero-order valence-electron chi connectivity index (χ0n) is 33.9. The molecule has 4 rings (SSSR count). The van der Waals surface area contributed by atoms with E-state index in [0.717, 1.165) is 30.3 Å². The maximum Gasteiger partial charge on any atom is 0.316 e. The molecule has 1 saturated carbocycles. The summed E-state index contributed by atoms with van der Waals surface area (Å²) in [5.74, 6) is -4.66. The molecule has 2 saturated heterocycles. The van der Waals surface area contributed by atoms with Crippen LogP contribution in [0.1, 0.15) is 106 Å². The van der Waals surface area contributed by atoms with E-state index < -0.39 is 77.3 Å². The number of carbonyl (C=O) groups excluding carboxylic acids is 2. The fraction of sp³-hybridized carbons (Fsp3) is 0.868. The third-order valence-electron chi connectivity index (χ3n) is 12.1. The first-order valence-corrected chi connectivity index (χ1v) is 19.6. The van der Waals surface area contributed by atoms with Gasteiger partial charge in [0.1, 0.15) is 29.8 Å². The number of methoxy groups -OCH3 is 1. The Morgan fingerprint density at radius 1 is 1.11 bits per heavy atom. The third-order valence-corrected chi connectivity index (χ3v) is 12.1. The Balaban J connectivity index is 1.72. The van der Waals surface area contributed by atoms with E-state index in [0.29, 0.717) is 30.8 Å². The Kier molecular flexibility index (Phi) is 15.3. The molecule has 304 valence electrons. The van der Waals surface area contributed by atoms with Crippen LogP contribution in [0, 0.1) is 23.7 Å². The van der Waals surface area contributed by atoms with E-state index in [-0.39, 0.29) is 31.1 Å². The van der Waals surface area contributed by atoms with Crippen LogP contribution in [0.3, 0.4) is 0 Å². The lowest BCUT2D eigenvalue weighted by atomic mass is 9.74. The number of ketones is 1. The highest BCUT2D eigenvalue weighted by atomic mass is 16.7. The molecule has 3 fully saturated rings. The van der Waals surface area contributed by atoms with E-state index >= 15 is 0 Å². The van der Waals surface area contributed by atoms with Crippen LogP contribution in [0.25, 0.3) is 0 Å². The first-order chi connectivity index (χ1) is 25.3. The number of cyclic esters (lactones) is 1. The normalized spacial score (nSPS) is 40.2. The van der Waals surface area contributed by atoms with Gasteiger partial charge in [-0.05, 0) is 79.7 Å². The number of aromatic nitrogens is 3. The number of likely N-dealkylation sites (N-methyl/N-ethyl adjacent to an activating group) is 1. The number of ether oxygens (including phenoxy) is 4. The number of nitrogens with zero attached hydrogens (tertiary/aromatic N) is 5. The van der Waals surface area contributed by atoms with Crippen molar-refractivity contribution < 1.29 is 48.7 Å². The summed E-state index contributed by atoms with van der Waals surface area (Å²) in [6.45, 7) is 14.3. The summed E-state index contributed by atoms with van der Waals surface area (Å²) in [7, 11) is 9.10. The van der Waals surface area contributed by atoms with Gasteiger partial charge in [0.2, 0.25) is 0 Å². The Morgan fingerprint density at radius 2 is 1.78 bits per heavy atom. The molecule has 2 radical (unpaired) electrons. The molecule has 0 unspecified atom stereocenters. The van der Waals surface area contributed by atoms with Crippen molar-refractivity contribution >= 4 is 25.4 Å². The average Bonchev–Trinajstić information content (AvgIpc) is 3.82. The highest BCUT2D eigenvalue weighted by Crippen LogP contribution is 2.39. The summed E-state index contributed by atoms with van der Waals surface area (Å²) in [5, 5.41) is 47.8. The lowest BCUT2D eigenvalue weighted by molar-refractivity contribution is -0.295. The van der Waals surface area contributed by atoms with Gasteiger partial charge in [0, 0.05) is 50.1 Å². The van der Waals surface area contributed by atoms with Crippen LogP contribution in [-0.2, 0) is 39.8 Å². The zero-order valence-corrected chi connectivity index (χ0v) is 33.9. The van der Waals surface area contributed by atoms with Crippen LogP contribution >= 0.6 is 0 Å². The van der Waals surface area contributed by atoms with Gasteiger partial charge >= 0.3 is 5.97 Å². The summed E-state index contributed by atoms with van der Waals surface area (Å²) < 4.78 is 26.2. The Morgan fingerprint density at radius 3 is 2.37 bits per heavy atom. The van der Waals surface area contributed by atoms with Crippen molar-refractivity contribution in [3.8, 4) is 0 Å². The minimum Gasteiger partial charge on any atom is -0.459 e. The van der Waals surface area contributed by atoms with Crippen LogP contribution < -0.4 is 0 Å². The Bertz CT molecular complexity index is 1420. The van der Waals surface area contributed by atoms with E-state index in [4.69, 9.17) is 31.8 Å². The van der Waals surface area contributed by atoms with Gasteiger partial charge in [-0.1, -0.05) is 38.1 Å². The molecule has 0 amide bonds. The van der Waals surface area contributed by atoms with Crippen LogP contribution in [0.2, 0.25) is 0 Å². The van der Waals surface area contributed by atoms with Gasteiger partial charge in [0.25, 0.3) is 7.98 Å². The maximum atomic E-state index is 14.3. The smallest absolute Gasteiger partial charge is 0.316 e. The molecule has 1 aliphatic carbocycles. The predicted molar refractivity (Wildman–Crippen MR) is 200 cm³/mol. The van der Waals surface area contributed by atoms with Crippen LogP contribution in [0.4, 0.5) is 0 Å². The third kappa shape index (κ3) is 10.1. The first kappa shape index (κ1) is 44.3. The molecule has 54 heavy (non-hydrogen) atoms. The summed E-state index contributed by atoms with van der Waals surface area (Å²) in [6.07, 6.45) is 0.709. The number of hydrogen-bond donors (Lipinski definition) is 3. The van der Waals surface area contributed by atoms with Gasteiger partial charge < -0.3 is 48.6 Å². The Hall–Kier alpha value is -2.47. The second kappa shape index (κ2) is 18.7. The SMILES string of the molecule is [B]n1cc(CCN(C)[C@H]2C[C@@H](C)O[C@@H](O[C@@H]3[C@@H](C)C(=O)[C@@H](C)C(=O)O[C@H](CC)[C@@](C)(O)[C@H](O)[C@@H](C)/C(=N/OC4CCCC4)[C@H](C)C[C@@]3(C)OC)[C@@H]2O)nn1. The molecule has 16 heteroatoms. The molecule has 3 heterocycles. The summed E-state index contributed by atoms with van der Waals surface area (Å²) in [5.41, 5.74) is -1.91. The fourth-order valence-corrected chi connectivity index (χ4v) is 8.55. The molecule has 1 aromatic heterocycles. The molecule has 1 aromatic rings. The topological polar surface area (TPSA) is 187 Å². The van der Waals surface area contributed by atoms with Crippen LogP contribution in [0.15, 0.2) is 11.4 Å². The zero-order chi connectivity index (χ0) is 40.1. The highest BCUT2D eigenvalue weighted by Gasteiger charge is 2.52. The van der Waals surface area contributed by atoms with E-state index in [1.165, 1.54) is 21.0 Å². The fourth-order valence-electron chi connectivity index (χ4n) is 8.55. The second-order valence-electron chi connectivity index (χ2n) is 16.4. The number of aliphatic hydroxyl groups is 3. The molecule has 0 bridgehead atoms. The van der Waals surface area contributed by atoms with Gasteiger partial charge in [-0.15, -0.1) is 5.10 Å². The van der Waals surface area contributed by atoms with Crippen LogP contribution in [0.5, 0.6) is 0 Å². The minimum atomic E-state index is -1.88. The van der Waals surface area contributed by atoms with Crippen molar-refractivity contribution in [3.05, 3.63) is 11.9 Å². The van der Waals surface area contributed by atoms with Gasteiger partial charge in [-0.3, -0.25) is 9.59 Å². The Labute approximate surface area is 321 Å². The van der Waals surface area contributed by atoms with Crippen molar-refractivity contribution in [2.45, 2.75) is 167 Å². The average molecular weight is 762 g/mol. The largest absolute Gasteiger partial charge is 0.459 e. The second-order valence-corrected chi connectivity index (χ2v) is 16.4. The first-order valence-electron chi connectivity index (χ1n) is 19.6. The molecule has 15 nitrogen and oxygen atoms in total. The standard InChI is InChI=1S/C38H64BN5O10/c1-11-29-38(8,49)33(47)23(4)30(41-54-27-14-12-13-15-27)21(2)19-37(7,50-10)34(24(5)31(45)25(6)35(48)52-29)53-36-32(46)28(18-22(3)51-36)43(9)17-16-26-20-44(39)42-40-26/h20-25,27-29,32-34,36,46-47,49H,11-19H2,1-10H3/b41-30+/t21-,22-,23+,24+,25-,28+,29-,32-,33-,34-,36+,37-,38-/m1/s1. The van der Waals surface area contributed by atoms with Crippen molar-refractivity contribution in [2.75, 3.05) is 20.7 Å². The number of rotatable bonds is 10. The van der Waals surface area contributed by atoms with Crippen molar-refractivity contribution in [3.63, 3.8) is 0 Å². The minimum absolute atomic E-state index is 0.0661. The van der Waals surface area contributed by atoms with Crippen molar-refractivity contribution in [2.24, 2.45) is 28.8 Å². The molecule has 0 aromatic carbocycles. The predicted octanol–water partition coefficient (Wildman–Crippen LogP) is 2.60. The van der Waals surface area contributed by atoms with Gasteiger partial charge in [0.05, 0.1) is 35.3 Å². The van der Waals surface area contributed by atoms with E-state index in [2.05, 4.69) is 15.5 Å².